The van der Waals surface area contributed by atoms with Crippen LogP contribution < -0.4 is 20.1 Å². The average molecular weight is 387 g/mol. The monoisotopic (exact) mass is 386 g/mol. The Kier molecular flexibility index (Phi) is 8.01. The fraction of sp³-hybridized carbons (Fsp3) is 0.200. The van der Waals surface area contributed by atoms with Crippen LogP contribution in [-0.2, 0) is 9.59 Å². The zero-order chi connectivity index (χ0) is 19.5. The molecule has 0 fully saturated rings. The lowest BCUT2D eigenvalue weighted by atomic mass is 10.3. The van der Waals surface area contributed by atoms with Crippen LogP contribution in [0.5, 0.6) is 11.5 Å². The van der Waals surface area contributed by atoms with E-state index in [9.17, 15) is 9.59 Å². The molecule has 27 heavy (non-hydrogen) atoms. The van der Waals surface area contributed by atoms with Gasteiger partial charge in [-0.1, -0.05) is 29.5 Å². The number of rotatable bonds is 7. The topological polar surface area (TPSA) is 76.7 Å². The molecule has 0 aliphatic heterocycles. The molecule has 140 valence electrons. The third-order valence-electron chi connectivity index (χ3n) is 3.15. The third kappa shape index (κ3) is 8.17. The van der Waals surface area contributed by atoms with E-state index in [4.69, 9.17) is 21.1 Å². The maximum absolute atomic E-state index is 11.7. The third-order valence-corrected chi connectivity index (χ3v) is 3.40. The fourth-order valence-electron chi connectivity index (χ4n) is 1.97. The molecule has 2 aromatic rings. The van der Waals surface area contributed by atoms with Crippen LogP contribution in [0.1, 0.15) is 6.92 Å². The van der Waals surface area contributed by atoms with E-state index in [1.165, 1.54) is 6.92 Å². The predicted octanol–water partition coefficient (Wildman–Crippen LogP) is 2.88. The normalized spacial score (nSPS) is 9.56. The van der Waals surface area contributed by atoms with Crippen molar-refractivity contribution in [1.29, 1.82) is 0 Å². The smallest absolute Gasteiger partial charge is 0.258 e. The number of carbonyl (C=O) groups excluding carboxylic acids is 2. The quantitative estimate of drug-likeness (QED) is 0.717. The van der Waals surface area contributed by atoms with Crippen molar-refractivity contribution in [2.24, 2.45) is 0 Å². The number of ether oxygens (including phenoxy) is 2. The molecular formula is C20H19ClN2O4. The fourth-order valence-corrected chi connectivity index (χ4v) is 2.10. The first-order chi connectivity index (χ1) is 13.0. The van der Waals surface area contributed by atoms with E-state index in [0.717, 1.165) is 0 Å². The highest BCUT2D eigenvalue weighted by Gasteiger charge is 2.01. The number of carbonyl (C=O) groups is 2. The molecule has 0 saturated heterocycles. The molecule has 0 bridgehead atoms. The second kappa shape index (κ2) is 10.7. The van der Waals surface area contributed by atoms with Crippen LogP contribution in [0, 0.1) is 11.8 Å². The Morgan fingerprint density at radius 1 is 1.04 bits per heavy atom. The summed E-state index contributed by atoms with van der Waals surface area (Å²) in [5.41, 5.74) is 0.654. The van der Waals surface area contributed by atoms with Gasteiger partial charge in [0.1, 0.15) is 18.1 Å². The zero-order valence-corrected chi connectivity index (χ0v) is 15.5. The summed E-state index contributed by atoms with van der Waals surface area (Å²) < 4.78 is 10.8. The summed E-state index contributed by atoms with van der Waals surface area (Å²) in [7, 11) is 0. The molecule has 0 radical (unpaired) electrons. The van der Waals surface area contributed by atoms with Crippen molar-refractivity contribution in [3.8, 4) is 23.3 Å². The number of benzene rings is 2. The number of amides is 2. The second-order valence-electron chi connectivity index (χ2n) is 5.37. The Bertz CT molecular complexity index is 841. The highest BCUT2D eigenvalue weighted by atomic mass is 35.5. The minimum Gasteiger partial charge on any atom is -0.484 e. The molecule has 0 aromatic heterocycles. The molecule has 6 nitrogen and oxygen atoms in total. The van der Waals surface area contributed by atoms with Gasteiger partial charge in [-0.05, 0) is 36.4 Å². The van der Waals surface area contributed by atoms with Gasteiger partial charge < -0.3 is 20.1 Å². The van der Waals surface area contributed by atoms with Crippen molar-refractivity contribution in [2.45, 2.75) is 6.92 Å². The number of hydrogen-bond donors (Lipinski definition) is 2. The summed E-state index contributed by atoms with van der Waals surface area (Å²) in [4.78, 5) is 22.7. The molecule has 2 rings (SSSR count). The lowest BCUT2D eigenvalue weighted by Crippen LogP contribution is -2.29. The zero-order valence-electron chi connectivity index (χ0n) is 14.8. The SMILES string of the molecule is CC(=O)Nc1cccc(OCC#CCNC(=O)COc2ccc(Cl)cc2)c1. The van der Waals surface area contributed by atoms with Crippen molar-refractivity contribution in [3.63, 3.8) is 0 Å². The highest BCUT2D eigenvalue weighted by molar-refractivity contribution is 6.30. The van der Waals surface area contributed by atoms with Crippen LogP contribution in [0.25, 0.3) is 0 Å². The summed E-state index contributed by atoms with van der Waals surface area (Å²) in [6.07, 6.45) is 0. The second-order valence-corrected chi connectivity index (χ2v) is 5.81. The molecule has 7 heteroatoms. The number of hydrogen-bond acceptors (Lipinski definition) is 4. The average Bonchev–Trinajstić information content (AvgIpc) is 2.64. The van der Waals surface area contributed by atoms with Gasteiger partial charge >= 0.3 is 0 Å². The van der Waals surface area contributed by atoms with E-state index in [1.54, 1.807) is 48.5 Å². The maximum atomic E-state index is 11.7. The lowest BCUT2D eigenvalue weighted by Gasteiger charge is -2.06. The van der Waals surface area contributed by atoms with Crippen LogP contribution in [0.4, 0.5) is 5.69 Å². The van der Waals surface area contributed by atoms with Gasteiger partial charge in [-0.25, -0.2) is 0 Å². The number of halogens is 1. The number of anilines is 1. The molecule has 2 N–H and O–H groups in total. The van der Waals surface area contributed by atoms with Gasteiger partial charge in [0.25, 0.3) is 5.91 Å². The molecular weight excluding hydrogens is 368 g/mol. The minimum atomic E-state index is -0.275. The Hall–Kier alpha value is -3.17. The largest absolute Gasteiger partial charge is 0.484 e. The van der Waals surface area contributed by atoms with Crippen molar-refractivity contribution in [2.75, 3.05) is 25.1 Å². The van der Waals surface area contributed by atoms with Gasteiger partial charge in [0.05, 0.1) is 6.54 Å². The Labute approximate surface area is 162 Å². The Morgan fingerprint density at radius 2 is 1.81 bits per heavy atom. The molecule has 0 aliphatic carbocycles. The van der Waals surface area contributed by atoms with Crippen LogP contribution in [0.15, 0.2) is 48.5 Å². The van der Waals surface area contributed by atoms with Crippen molar-refractivity contribution >= 4 is 29.1 Å². The molecule has 0 saturated carbocycles. The first kappa shape index (κ1) is 20.1. The molecule has 0 heterocycles. The molecule has 2 aromatic carbocycles. The van der Waals surface area contributed by atoms with Crippen LogP contribution in [-0.4, -0.2) is 31.6 Å². The van der Waals surface area contributed by atoms with Crippen LogP contribution in [0.2, 0.25) is 5.02 Å². The van der Waals surface area contributed by atoms with Gasteiger partial charge in [0.2, 0.25) is 5.91 Å². The molecule has 0 aliphatic rings. The van der Waals surface area contributed by atoms with Crippen LogP contribution >= 0.6 is 11.6 Å². The van der Waals surface area contributed by atoms with Gasteiger partial charge in [-0.15, -0.1) is 0 Å². The van der Waals surface area contributed by atoms with E-state index < -0.39 is 0 Å². The Balaban J connectivity index is 1.65. The number of nitrogens with one attached hydrogen (secondary N) is 2. The Morgan fingerprint density at radius 3 is 2.56 bits per heavy atom. The predicted molar refractivity (Wildman–Crippen MR) is 104 cm³/mol. The summed E-state index contributed by atoms with van der Waals surface area (Å²) in [5.74, 6) is 6.32. The standard InChI is InChI=1S/C20H19ClN2O4/c1-15(24)23-17-5-4-6-19(13-17)26-12-3-2-11-22-20(25)14-27-18-9-7-16(21)8-10-18/h4-10,13H,11-12,14H2,1H3,(H,22,25)(H,23,24). The minimum absolute atomic E-state index is 0.101. The maximum Gasteiger partial charge on any atom is 0.258 e. The lowest BCUT2D eigenvalue weighted by molar-refractivity contribution is -0.122. The van der Waals surface area contributed by atoms with E-state index in [0.29, 0.717) is 22.2 Å². The molecule has 0 unspecified atom stereocenters. The van der Waals surface area contributed by atoms with E-state index in [1.807, 2.05) is 0 Å². The van der Waals surface area contributed by atoms with Crippen LogP contribution in [0.3, 0.4) is 0 Å². The van der Waals surface area contributed by atoms with E-state index in [-0.39, 0.29) is 31.6 Å². The van der Waals surface area contributed by atoms with Crippen molar-refractivity contribution in [1.82, 2.24) is 5.32 Å². The first-order valence-corrected chi connectivity index (χ1v) is 8.52. The first-order valence-electron chi connectivity index (χ1n) is 8.14. The van der Waals surface area contributed by atoms with Gasteiger partial charge in [-0.3, -0.25) is 9.59 Å². The van der Waals surface area contributed by atoms with E-state index in [2.05, 4.69) is 22.5 Å². The summed E-state index contributed by atoms with van der Waals surface area (Å²) in [5, 5.41) is 5.90. The van der Waals surface area contributed by atoms with Gasteiger partial charge in [-0.2, -0.15) is 0 Å². The molecule has 0 atom stereocenters. The van der Waals surface area contributed by atoms with Gasteiger partial charge in [0, 0.05) is 23.7 Å². The summed E-state index contributed by atoms with van der Waals surface area (Å²) >= 11 is 5.77. The summed E-state index contributed by atoms with van der Waals surface area (Å²) in [6.45, 7) is 1.70. The van der Waals surface area contributed by atoms with Crippen molar-refractivity contribution < 1.29 is 19.1 Å². The molecule has 0 spiro atoms. The van der Waals surface area contributed by atoms with E-state index >= 15 is 0 Å². The van der Waals surface area contributed by atoms with Crippen molar-refractivity contribution in [3.05, 3.63) is 53.6 Å². The summed E-state index contributed by atoms with van der Waals surface area (Å²) in [6, 6.07) is 13.8. The molecule has 2 amide bonds. The highest BCUT2D eigenvalue weighted by Crippen LogP contribution is 2.17. The van der Waals surface area contributed by atoms with Gasteiger partial charge in [0.15, 0.2) is 6.61 Å².